The molecule has 0 atom stereocenters. The van der Waals surface area contributed by atoms with Gasteiger partial charge in [0.2, 0.25) is 0 Å². The normalized spacial score (nSPS) is 16.4. The van der Waals surface area contributed by atoms with Crippen LogP contribution in [0, 0.1) is 0 Å². The van der Waals surface area contributed by atoms with Gasteiger partial charge in [0.1, 0.15) is 0 Å². The summed E-state index contributed by atoms with van der Waals surface area (Å²) in [6.07, 6.45) is 5.94. The Kier molecular flexibility index (Phi) is 2.21. The van der Waals surface area contributed by atoms with Gasteiger partial charge >= 0.3 is 0 Å². The first kappa shape index (κ1) is 8.17. The molecule has 1 aromatic heterocycles. The van der Waals surface area contributed by atoms with Gasteiger partial charge in [-0.05, 0) is 37.5 Å². The summed E-state index contributed by atoms with van der Waals surface area (Å²) >= 11 is 0. The van der Waals surface area contributed by atoms with E-state index in [0.717, 1.165) is 24.2 Å². The number of hydrogen-bond donors (Lipinski definition) is 0. The van der Waals surface area contributed by atoms with Crippen LogP contribution in [0.5, 0.6) is 0 Å². The topological polar surface area (TPSA) is 25.2 Å². The molecule has 0 aromatic carbocycles. The van der Waals surface area contributed by atoms with Crippen LogP contribution in [0.2, 0.25) is 0 Å². The first-order valence-electron chi connectivity index (χ1n) is 4.51. The molecule has 2 nitrogen and oxygen atoms in total. The number of hydrogen-bond acceptors (Lipinski definition) is 2. The minimum atomic E-state index is 0.982. The van der Waals surface area contributed by atoms with Crippen molar-refractivity contribution in [3.63, 3.8) is 0 Å². The largest absolute Gasteiger partial charge is 0.259 e. The van der Waals surface area contributed by atoms with Crippen LogP contribution in [0.3, 0.4) is 0 Å². The highest BCUT2D eigenvalue weighted by molar-refractivity contribution is 5.76. The van der Waals surface area contributed by atoms with Gasteiger partial charge in [0.25, 0.3) is 0 Å². The molecule has 0 saturated carbocycles. The summed E-state index contributed by atoms with van der Waals surface area (Å²) in [6.45, 7) is 2.13. The fourth-order valence-corrected chi connectivity index (χ4v) is 1.45. The van der Waals surface area contributed by atoms with Gasteiger partial charge in [-0.3, -0.25) is 9.98 Å². The van der Waals surface area contributed by atoms with Gasteiger partial charge in [0.15, 0.2) is 0 Å². The molecule has 2 heterocycles. The highest BCUT2D eigenvalue weighted by atomic mass is 14.8. The summed E-state index contributed by atoms with van der Waals surface area (Å²) in [5.41, 5.74) is 3.36. The lowest BCUT2D eigenvalue weighted by molar-refractivity contribution is 0.997. The molecule has 0 fully saturated rings. The molecule has 0 spiro atoms. The Morgan fingerprint density at radius 2 is 2.23 bits per heavy atom. The fraction of sp³-hybridized carbons (Fsp3) is 0.273. The molecule has 2 heteroatoms. The average Bonchev–Trinajstić information content (AvgIpc) is 2.20. The quantitative estimate of drug-likeness (QED) is 0.639. The van der Waals surface area contributed by atoms with Crippen molar-refractivity contribution in [3.05, 3.63) is 35.7 Å². The summed E-state index contributed by atoms with van der Waals surface area (Å²) in [5.74, 6) is 0. The molecule has 13 heavy (non-hydrogen) atoms. The Balaban J connectivity index is 2.41. The molecule has 1 aliphatic rings. The maximum absolute atomic E-state index is 4.37. The SMILES string of the molecule is CC1=C(c2ccccn2)N=CCC1. The highest BCUT2D eigenvalue weighted by Gasteiger charge is 2.07. The zero-order valence-electron chi connectivity index (χ0n) is 7.70. The van der Waals surface area contributed by atoms with E-state index >= 15 is 0 Å². The van der Waals surface area contributed by atoms with E-state index in [9.17, 15) is 0 Å². The number of rotatable bonds is 1. The third-order valence-electron chi connectivity index (χ3n) is 2.18. The molecular weight excluding hydrogens is 160 g/mol. The van der Waals surface area contributed by atoms with Gasteiger partial charge in [-0.25, -0.2) is 0 Å². The van der Waals surface area contributed by atoms with Crippen LogP contribution in [0.1, 0.15) is 25.5 Å². The smallest absolute Gasteiger partial charge is 0.0885 e. The molecule has 1 aromatic rings. The van der Waals surface area contributed by atoms with Crippen LogP contribution >= 0.6 is 0 Å². The van der Waals surface area contributed by atoms with Crippen LogP contribution in [0.15, 0.2) is 35.0 Å². The van der Waals surface area contributed by atoms with Crippen molar-refractivity contribution in [3.8, 4) is 0 Å². The van der Waals surface area contributed by atoms with Crippen molar-refractivity contribution in [2.24, 2.45) is 4.99 Å². The summed E-state index contributed by atoms with van der Waals surface area (Å²) < 4.78 is 0. The first-order valence-corrected chi connectivity index (χ1v) is 4.51. The van der Waals surface area contributed by atoms with E-state index in [0.29, 0.717) is 0 Å². The van der Waals surface area contributed by atoms with Crippen LogP contribution < -0.4 is 0 Å². The van der Waals surface area contributed by atoms with E-state index < -0.39 is 0 Å². The summed E-state index contributed by atoms with van der Waals surface area (Å²) in [7, 11) is 0. The molecule has 0 N–H and O–H groups in total. The van der Waals surface area contributed by atoms with E-state index in [1.165, 1.54) is 5.57 Å². The van der Waals surface area contributed by atoms with Gasteiger partial charge in [-0.1, -0.05) is 6.07 Å². The Morgan fingerprint density at radius 1 is 1.31 bits per heavy atom. The zero-order valence-corrected chi connectivity index (χ0v) is 7.70. The Bertz CT molecular complexity index is 350. The van der Waals surface area contributed by atoms with Crippen LogP contribution in [-0.2, 0) is 0 Å². The third kappa shape index (κ3) is 1.66. The van der Waals surface area contributed by atoms with Gasteiger partial charge in [0.05, 0.1) is 11.4 Å². The second-order valence-electron chi connectivity index (χ2n) is 3.19. The minimum Gasteiger partial charge on any atom is -0.259 e. The van der Waals surface area contributed by atoms with Crippen molar-refractivity contribution >= 4 is 11.9 Å². The predicted molar refractivity (Wildman–Crippen MR) is 54.6 cm³/mol. The van der Waals surface area contributed by atoms with Crippen LogP contribution in [-0.4, -0.2) is 11.2 Å². The molecule has 0 unspecified atom stereocenters. The second-order valence-corrected chi connectivity index (χ2v) is 3.19. The van der Waals surface area contributed by atoms with E-state index in [4.69, 9.17) is 0 Å². The fourth-order valence-electron chi connectivity index (χ4n) is 1.45. The highest BCUT2D eigenvalue weighted by Crippen LogP contribution is 2.23. The maximum Gasteiger partial charge on any atom is 0.0885 e. The Hall–Kier alpha value is -1.44. The Morgan fingerprint density at radius 3 is 2.92 bits per heavy atom. The van der Waals surface area contributed by atoms with E-state index in [2.05, 4.69) is 16.9 Å². The number of allylic oxidation sites excluding steroid dienone is 1. The minimum absolute atomic E-state index is 0.982. The second kappa shape index (κ2) is 3.52. The van der Waals surface area contributed by atoms with Gasteiger partial charge < -0.3 is 0 Å². The zero-order chi connectivity index (χ0) is 9.10. The Labute approximate surface area is 78.0 Å². The molecular formula is C11H12N2. The lowest BCUT2D eigenvalue weighted by Gasteiger charge is -2.10. The van der Waals surface area contributed by atoms with Crippen molar-refractivity contribution in [2.75, 3.05) is 0 Å². The van der Waals surface area contributed by atoms with Crippen LogP contribution in [0.25, 0.3) is 5.70 Å². The van der Waals surface area contributed by atoms with E-state index in [1.807, 2.05) is 24.4 Å². The molecule has 0 aliphatic carbocycles. The van der Waals surface area contributed by atoms with Gasteiger partial charge in [-0.15, -0.1) is 0 Å². The molecule has 0 bridgehead atoms. The monoisotopic (exact) mass is 172 g/mol. The van der Waals surface area contributed by atoms with Gasteiger partial charge in [0, 0.05) is 12.4 Å². The van der Waals surface area contributed by atoms with Crippen molar-refractivity contribution in [1.29, 1.82) is 0 Å². The maximum atomic E-state index is 4.37. The molecule has 0 radical (unpaired) electrons. The molecule has 2 rings (SSSR count). The molecule has 1 aliphatic heterocycles. The molecule has 0 amide bonds. The standard InChI is InChI=1S/C11H12N2/c1-9-5-4-8-13-11(9)10-6-2-3-7-12-10/h2-3,6-8H,4-5H2,1H3. The number of aliphatic imine (C=N–C) groups is 1. The van der Waals surface area contributed by atoms with Crippen molar-refractivity contribution in [2.45, 2.75) is 19.8 Å². The summed E-state index contributed by atoms with van der Waals surface area (Å²) in [4.78, 5) is 8.65. The number of aromatic nitrogens is 1. The van der Waals surface area contributed by atoms with Crippen molar-refractivity contribution < 1.29 is 0 Å². The first-order chi connectivity index (χ1) is 6.38. The summed E-state index contributed by atoms with van der Waals surface area (Å²) in [5, 5.41) is 0. The van der Waals surface area contributed by atoms with Crippen LogP contribution in [0.4, 0.5) is 0 Å². The van der Waals surface area contributed by atoms with E-state index in [-0.39, 0.29) is 0 Å². The number of pyridine rings is 1. The lowest BCUT2D eigenvalue weighted by Crippen LogP contribution is -1.96. The average molecular weight is 172 g/mol. The van der Waals surface area contributed by atoms with Crippen molar-refractivity contribution in [1.82, 2.24) is 4.98 Å². The summed E-state index contributed by atoms with van der Waals surface area (Å²) in [6, 6.07) is 5.92. The molecule has 66 valence electrons. The predicted octanol–water partition coefficient (Wildman–Crippen LogP) is 2.68. The number of nitrogens with zero attached hydrogens (tertiary/aromatic N) is 2. The van der Waals surface area contributed by atoms with E-state index in [1.54, 1.807) is 6.20 Å². The van der Waals surface area contributed by atoms with Gasteiger partial charge in [-0.2, -0.15) is 0 Å². The third-order valence-corrected chi connectivity index (χ3v) is 2.18. The molecule has 0 saturated heterocycles. The lowest BCUT2D eigenvalue weighted by atomic mass is 10.1.